The van der Waals surface area contributed by atoms with Crippen LogP contribution in [0.4, 0.5) is 0 Å². The van der Waals surface area contributed by atoms with Crippen molar-refractivity contribution >= 4 is 33.4 Å². The molecule has 6 aromatic heterocycles. The van der Waals surface area contributed by atoms with Crippen LogP contribution in [0.25, 0.3) is 55.6 Å². The van der Waals surface area contributed by atoms with Crippen molar-refractivity contribution in [1.29, 1.82) is 0 Å². The first-order valence-electron chi connectivity index (χ1n) is 20.1. The Morgan fingerprint density at radius 1 is 0.611 bits per heavy atom. The maximum atomic E-state index is 5.29. The summed E-state index contributed by atoms with van der Waals surface area (Å²) in [5, 5.41) is 0. The van der Waals surface area contributed by atoms with Crippen molar-refractivity contribution < 1.29 is 4.57 Å². The third-order valence-electron chi connectivity index (χ3n) is 13.2. The van der Waals surface area contributed by atoms with E-state index in [-0.39, 0.29) is 0 Å². The predicted octanol–water partition coefficient (Wildman–Crippen LogP) is 6.58. The molecule has 0 bridgehead atoms. The van der Waals surface area contributed by atoms with E-state index in [0.29, 0.717) is 18.1 Å². The van der Waals surface area contributed by atoms with Gasteiger partial charge in [0.2, 0.25) is 0 Å². The molecule has 4 aliphatic rings. The number of rotatable bonds is 3. The molecular formula is C44H45N10+. The molecule has 0 radical (unpaired) electrons. The fourth-order valence-corrected chi connectivity index (χ4v) is 10.5. The van der Waals surface area contributed by atoms with Crippen LogP contribution in [-0.4, -0.2) is 81.0 Å². The molecule has 54 heavy (non-hydrogen) atoms. The summed E-state index contributed by atoms with van der Waals surface area (Å²) >= 11 is 0. The highest BCUT2D eigenvalue weighted by molar-refractivity contribution is 5.84. The molecule has 0 spiro atoms. The van der Waals surface area contributed by atoms with Gasteiger partial charge in [-0.05, 0) is 91.4 Å². The second-order valence-electron chi connectivity index (χ2n) is 16.3. The van der Waals surface area contributed by atoms with Crippen LogP contribution < -0.4 is 4.57 Å². The second-order valence-corrected chi connectivity index (χ2v) is 16.3. The zero-order valence-corrected chi connectivity index (χ0v) is 30.6. The molecule has 3 unspecified atom stereocenters. The van der Waals surface area contributed by atoms with Crippen LogP contribution in [0.1, 0.15) is 49.8 Å². The van der Waals surface area contributed by atoms with E-state index in [4.69, 9.17) is 9.97 Å². The van der Waals surface area contributed by atoms with Gasteiger partial charge in [-0.25, -0.2) is 23.9 Å². The minimum absolute atomic E-state index is 0.434. The Morgan fingerprint density at radius 2 is 1.28 bits per heavy atom. The van der Waals surface area contributed by atoms with Crippen LogP contribution >= 0.6 is 0 Å². The zero-order chi connectivity index (χ0) is 35.3. The Labute approximate surface area is 313 Å². The van der Waals surface area contributed by atoms with E-state index in [0.717, 1.165) is 68.5 Å². The Bertz CT molecular complexity index is 2730. The third-order valence-corrected chi connectivity index (χ3v) is 13.2. The highest BCUT2D eigenvalue weighted by atomic mass is 15.3. The lowest BCUT2D eigenvalue weighted by molar-refractivity contribution is -0.694. The van der Waals surface area contributed by atoms with E-state index in [2.05, 4.69) is 123 Å². The third kappa shape index (κ3) is 4.99. The van der Waals surface area contributed by atoms with Crippen LogP contribution in [0, 0.1) is 0 Å². The molecule has 0 N–H and O–H groups in total. The molecule has 10 heterocycles. The molecule has 0 amide bonds. The number of imidazole rings is 4. The molecule has 4 aliphatic heterocycles. The monoisotopic (exact) mass is 713 g/mol. The fourth-order valence-electron chi connectivity index (χ4n) is 10.5. The van der Waals surface area contributed by atoms with Gasteiger partial charge in [-0.2, -0.15) is 0 Å². The number of nitrogens with zero attached hydrogens (tertiary/aromatic N) is 10. The van der Waals surface area contributed by atoms with E-state index < -0.39 is 0 Å². The maximum absolute atomic E-state index is 5.29. The van der Waals surface area contributed by atoms with Crippen LogP contribution in [0.5, 0.6) is 0 Å². The number of aromatic nitrogens is 8. The first-order chi connectivity index (χ1) is 26.7. The Balaban J connectivity index is 0.799. The van der Waals surface area contributed by atoms with Gasteiger partial charge in [-0.3, -0.25) is 9.80 Å². The summed E-state index contributed by atoms with van der Waals surface area (Å²) in [4.78, 5) is 20.4. The topological polar surface area (TPSA) is 67.7 Å². The number of pyridine rings is 2. The van der Waals surface area contributed by atoms with Gasteiger partial charge in [0.15, 0.2) is 0 Å². The highest BCUT2D eigenvalue weighted by Gasteiger charge is 2.38. The summed E-state index contributed by atoms with van der Waals surface area (Å²) in [6, 6.07) is 24.1. The summed E-state index contributed by atoms with van der Waals surface area (Å²) in [7, 11) is 0. The normalized spacial score (nSPS) is 22.3. The minimum atomic E-state index is 0.434. The molecule has 2 fully saturated rings. The minimum Gasteiger partial charge on any atom is -0.328 e. The summed E-state index contributed by atoms with van der Waals surface area (Å²) < 4.78 is 11.9. The fraction of sp³-hybridized carbons (Fsp3) is 0.364. The van der Waals surface area contributed by atoms with Crippen LogP contribution in [0.2, 0.25) is 0 Å². The standard InChI is InChI=1S/C44H45N10/c1-4-34-25-42-46-37-23-31(6-10-39(37)53(42)17-2-15-48(34)14-1)33-8-12-44-51(28-33)20-21-52(44)36-24-35-26-43-47-38-22-30(32-7-11-41-45-13-19-50(41)27-32)5-9-40(38)54(43)18-3-16-49(35)29-36/h5-13,19-23,27-28,34-36H,1-4,14-18,24-26,29H2/q+1. The summed E-state index contributed by atoms with van der Waals surface area (Å²) in [6.45, 7) is 6.76. The van der Waals surface area contributed by atoms with E-state index >= 15 is 0 Å². The molecule has 2 saturated heterocycles. The summed E-state index contributed by atoms with van der Waals surface area (Å²) in [5.41, 5.74) is 11.8. The van der Waals surface area contributed by atoms with Crippen molar-refractivity contribution in [3.05, 3.63) is 109 Å². The highest BCUT2D eigenvalue weighted by Crippen LogP contribution is 2.33. The lowest BCUT2D eigenvalue weighted by atomic mass is 10.1. The largest absolute Gasteiger partial charge is 0.328 e. The molecule has 10 heteroatoms. The van der Waals surface area contributed by atoms with E-state index in [1.54, 1.807) is 0 Å². The molecule has 0 aliphatic carbocycles. The summed E-state index contributed by atoms with van der Waals surface area (Å²) in [6.07, 6.45) is 21.0. The number of hydrogen-bond acceptors (Lipinski definition) is 5. The van der Waals surface area contributed by atoms with Crippen molar-refractivity contribution in [2.75, 3.05) is 26.2 Å². The SMILES string of the molecule is c1cn2cc(-c3ccc4c(c3)nc3n4CCCN4CC([n+]5ccn6cc(-c7ccc8c(c7)nc7n8CCCN8CCCC8C7)ccc65)CC4C3)ccc2n1. The van der Waals surface area contributed by atoms with Gasteiger partial charge in [0, 0.05) is 94.3 Å². The average molecular weight is 714 g/mol. The van der Waals surface area contributed by atoms with Crippen molar-refractivity contribution in [1.82, 2.24) is 42.7 Å². The lowest BCUT2D eigenvalue weighted by Crippen LogP contribution is -2.40. The van der Waals surface area contributed by atoms with Crippen molar-refractivity contribution in [3.8, 4) is 22.3 Å². The Morgan fingerprint density at radius 3 is 2.06 bits per heavy atom. The number of benzene rings is 2. The smallest absolute Gasteiger partial charge is 0.286 e. The molecule has 0 saturated carbocycles. The van der Waals surface area contributed by atoms with Gasteiger partial charge < -0.3 is 13.5 Å². The number of aryl methyl sites for hydroxylation is 2. The Hall–Kier alpha value is -5.32. The quantitative estimate of drug-likeness (QED) is 0.194. The van der Waals surface area contributed by atoms with E-state index in [1.807, 2.05) is 12.4 Å². The maximum Gasteiger partial charge on any atom is 0.286 e. The number of fused-ring (bicyclic) bond motifs is 10. The molecule has 10 nitrogen and oxygen atoms in total. The van der Waals surface area contributed by atoms with Crippen molar-refractivity contribution in [3.63, 3.8) is 0 Å². The zero-order valence-electron chi connectivity index (χ0n) is 30.6. The molecule has 2 aromatic carbocycles. The Kier molecular flexibility index (Phi) is 6.96. The van der Waals surface area contributed by atoms with Crippen LogP contribution in [0.15, 0.2) is 97.8 Å². The van der Waals surface area contributed by atoms with Crippen molar-refractivity contribution in [2.45, 2.75) is 76.2 Å². The van der Waals surface area contributed by atoms with Gasteiger partial charge in [0.1, 0.15) is 41.9 Å². The van der Waals surface area contributed by atoms with Gasteiger partial charge in [0.05, 0.1) is 22.1 Å². The number of hydrogen-bond donors (Lipinski definition) is 0. The molecular weight excluding hydrogens is 669 g/mol. The van der Waals surface area contributed by atoms with E-state index in [1.165, 1.54) is 82.9 Å². The predicted molar refractivity (Wildman–Crippen MR) is 210 cm³/mol. The van der Waals surface area contributed by atoms with E-state index in [9.17, 15) is 0 Å². The second kappa shape index (κ2) is 12.1. The van der Waals surface area contributed by atoms with Crippen LogP contribution in [0.3, 0.4) is 0 Å². The van der Waals surface area contributed by atoms with Gasteiger partial charge >= 0.3 is 0 Å². The molecule has 270 valence electrons. The van der Waals surface area contributed by atoms with Gasteiger partial charge in [-0.1, -0.05) is 12.1 Å². The molecule has 12 rings (SSSR count). The van der Waals surface area contributed by atoms with Crippen LogP contribution in [-0.2, 0) is 25.9 Å². The molecule has 3 atom stereocenters. The van der Waals surface area contributed by atoms with Gasteiger partial charge in [-0.15, -0.1) is 0 Å². The summed E-state index contributed by atoms with van der Waals surface area (Å²) in [5.74, 6) is 2.49. The molecule has 8 aromatic rings. The van der Waals surface area contributed by atoms with Crippen molar-refractivity contribution in [2.24, 2.45) is 0 Å². The lowest BCUT2D eigenvalue weighted by Gasteiger charge is -2.27. The average Bonchev–Trinajstić information content (AvgIpc) is 4.04. The van der Waals surface area contributed by atoms with Gasteiger partial charge in [0.25, 0.3) is 5.65 Å². The first kappa shape index (κ1) is 31.1. The first-order valence-corrected chi connectivity index (χ1v) is 20.1.